The van der Waals surface area contributed by atoms with Crippen LogP contribution in [0.1, 0.15) is 10.4 Å². The van der Waals surface area contributed by atoms with Gasteiger partial charge in [-0.3, -0.25) is 14.9 Å². The van der Waals surface area contributed by atoms with Crippen molar-refractivity contribution in [2.24, 2.45) is 0 Å². The van der Waals surface area contributed by atoms with E-state index in [1.165, 1.54) is 6.07 Å². The van der Waals surface area contributed by atoms with Gasteiger partial charge in [-0.1, -0.05) is 11.6 Å². The lowest BCUT2D eigenvalue weighted by atomic mass is 10.2. The van der Waals surface area contributed by atoms with Crippen molar-refractivity contribution < 1.29 is 18.5 Å². The Bertz CT molecular complexity index is 717. The molecule has 0 saturated carbocycles. The fourth-order valence-electron chi connectivity index (χ4n) is 1.63. The van der Waals surface area contributed by atoms with Crippen molar-refractivity contribution in [1.82, 2.24) is 0 Å². The van der Waals surface area contributed by atoms with Crippen LogP contribution in [-0.2, 0) is 0 Å². The number of rotatable bonds is 3. The summed E-state index contributed by atoms with van der Waals surface area (Å²) in [7, 11) is 0. The van der Waals surface area contributed by atoms with Gasteiger partial charge in [0.2, 0.25) is 0 Å². The van der Waals surface area contributed by atoms with Crippen LogP contribution in [0.25, 0.3) is 0 Å². The number of nitrogens with zero attached hydrogens (tertiary/aromatic N) is 1. The summed E-state index contributed by atoms with van der Waals surface area (Å²) in [4.78, 5) is 21.9. The normalized spacial score (nSPS) is 10.2. The van der Waals surface area contributed by atoms with Crippen LogP contribution in [0.4, 0.5) is 20.2 Å². The molecule has 0 heterocycles. The van der Waals surface area contributed by atoms with Gasteiger partial charge in [0.05, 0.1) is 15.5 Å². The molecule has 0 aliphatic rings. The first kappa shape index (κ1) is 14.9. The minimum atomic E-state index is -0.865. The Morgan fingerprint density at radius 1 is 1.14 bits per heavy atom. The number of carbonyl (C=O) groups excluding carboxylic acids is 1. The van der Waals surface area contributed by atoms with Crippen LogP contribution >= 0.6 is 11.6 Å². The first-order valence-corrected chi connectivity index (χ1v) is 5.96. The summed E-state index contributed by atoms with van der Waals surface area (Å²) in [6.07, 6.45) is 0. The number of carbonyl (C=O) groups is 1. The van der Waals surface area contributed by atoms with Crippen molar-refractivity contribution in [2.45, 2.75) is 0 Å². The van der Waals surface area contributed by atoms with Gasteiger partial charge in [0.1, 0.15) is 11.6 Å². The molecule has 21 heavy (non-hydrogen) atoms. The average Bonchev–Trinajstić information content (AvgIpc) is 2.37. The molecule has 0 radical (unpaired) electrons. The molecule has 0 aliphatic carbocycles. The van der Waals surface area contributed by atoms with E-state index in [2.05, 4.69) is 5.32 Å². The molecular weight excluding hydrogens is 306 g/mol. The van der Waals surface area contributed by atoms with Crippen LogP contribution in [0.5, 0.6) is 0 Å². The summed E-state index contributed by atoms with van der Waals surface area (Å²) >= 11 is 5.79. The number of hydrogen-bond acceptors (Lipinski definition) is 3. The van der Waals surface area contributed by atoms with Crippen molar-refractivity contribution in [3.63, 3.8) is 0 Å². The number of hydrogen-bond donors (Lipinski definition) is 1. The van der Waals surface area contributed by atoms with Crippen LogP contribution < -0.4 is 5.32 Å². The van der Waals surface area contributed by atoms with Crippen molar-refractivity contribution in [3.8, 4) is 0 Å². The second-order valence-electron chi connectivity index (χ2n) is 4.03. The van der Waals surface area contributed by atoms with Gasteiger partial charge >= 0.3 is 0 Å². The molecule has 0 atom stereocenters. The fraction of sp³-hybridized carbons (Fsp3) is 0. The van der Waals surface area contributed by atoms with Crippen LogP contribution in [0, 0.1) is 21.7 Å². The maximum absolute atomic E-state index is 13.0. The highest BCUT2D eigenvalue weighted by Crippen LogP contribution is 2.23. The average molecular weight is 313 g/mol. The predicted molar refractivity (Wildman–Crippen MR) is 72.4 cm³/mol. The molecule has 0 fully saturated rings. The largest absolute Gasteiger partial charge is 0.322 e. The quantitative estimate of drug-likeness (QED) is 0.692. The Labute approximate surface area is 122 Å². The van der Waals surface area contributed by atoms with E-state index in [0.717, 1.165) is 24.3 Å². The first-order chi connectivity index (χ1) is 9.86. The van der Waals surface area contributed by atoms with Gasteiger partial charge in [-0.2, -0.15) is 0 Å². The van der Waals surface area contributed by atoms with Gasteiger partial charge < -0.3 is 5.32 Å². The number of amides is 1. The SMILES string of the molecule is O=C(Nc1cc(F)cc(F)c1)c1cc([N+](=O)[O-])ccc1Cl. The van der Waals surface area contributed by atoms with E-state index in [4.69, 9.17) is 11.6 Å². The number of non-ortho nitro benzene ring substituents is 1. The van der Waals surface area contributed by atoms with E-state index in [0.29, 0.717) is 6.07 Å². The van der Waals surface area contributed by atoms with E-state index in [9.17, 15) is 23.7 Å². The molecule has 0 aromatic heterocycles. The summed E-state index contributed by atoms with van der Waals surface area (Å²) in [5.41, 5.74) is -0.620. The van der Waals surface area contributed by atoms with E-state index in [1.807, 2.05) is 0 Å². The van der Waals surface area contributed by atoms with Gasteiger partial charge in [0.25, 0.3) is 11.6 Å². The van der Waals surface area contributed by atoms with Crippen LogP contribution in [0.2, 0.25) is 5.02 Å². The molecule has 2 rings (SSSR count). The maximum Gasteiger partial charge on any atom is 0.270 e. The predicted octanol–water partition coefficient (Wildman–Crippen LogP) is 3.78. The zero-order valence-corrected chi connectivity index (χ0v) is 11.0. The Balaban J connectivity index is 2.31. The van der Waals surface area contributed by atoms with Crippen molar-refractivity contribution in [3.05, 3.63) is 68.7 Å². The summed E-state index contributed by atoms with van der Waals surface area (Å²) in [5, 5.41) is 12.9. The van der Waals surface area contributed by atoms with Crippen LogP contribution in [-0.4, -0.2) is 10.8 Å². The minimum absolute atomic E-state index is 0.0185. The van der Waals surface area contributed by atoms with Gasteiger partial charge in [-0.05, 0) is 18.2 Å². The van der Waals surface area contributed by atoms with Crippen LogP contribution in [0.15, 0.2) is 36.4 Å². The highest BCUT2D eigenvalue weighted by molar-refractivity contribution is 6.34. The smallest absolute Gasteiger partial charge is 0.270 e. The number of nitro benzene ring substituents is 1. The molecule has 0 aliphatic heterocycles. The molecule has 108 valence electrons. The minimum Gasteiger partial charge on any atom is -0.322 e. The standard InChI is InChI=1S/C13H7ClF2N2O3/c14-12-2-1-10(18(20)21)6-11(12)13(19)17-9-4-7(15)3-8(16)5-9/h1-6H,(H,17,19). The van der Waals surface area contributed by atoms with E-state index < -0.39 is 22.5 Å². The van der Waals surface area contributed by atoms with Gasteiger partial charge in [-0.25, -0.2) is 8.78 Å². The molecule has 5 nitrogen and oxygen atoms in total. The Kier molecular flexibility index (Phi) is 4.13. The number of benzene rings is 2. The molecule has 0 unspecified atom stereocenters. The first-order valence-electron chi connectivity index (χ1n) is 5.58. The third-order valence-corrected chi connectivity index (χ3v) is 2.86. The molecule has 0 bridgehead atoms. The second-order valence-corrected chi connectivity index (χ2v) is 4.44. The third-order valence-electron chi connectivity index (χ3n) is 2.53. The zero-order chi connectivity index (χ0) is 15.6. The molecule has 2 aromatic carbocycles. The Morgan fingerprint density at radius 2 is 1.76 bits per heavy atom. The summed E-state index contributed by atoms with van der Waals surface area (Å²) in [6, 6.07) is 5.78. The summed E-state index contributed by atoms with van der Waals surface area (Å²) in [6.45, 7) is 0. The molecule has 1 N–H and O–H groups in total. The Hall–Kier alpha value is -2.54. The maximum atomic E-state index is 13.0. The van der Waals surface area contributed by atoms with E-state index >= 15 is 0 Å². The van der Waals surface area contributed by atoms with Gasteiger partial charge in [0.15, 0.2) is 0 Å². The van der Waals surface area contributed by atoms with Crippen molar-refractivity contribution >= 4 is 28.9 Å². The molecular formula is C13H7ClF2N2O3. The molecule has 1 amide bonds. The number of nitro groups is 1. The lowest BCUT2D eigenvalue weighted by Gasteiger charge is -2.07. The van der Waals surface area contributed by atoms with Gasteiger partial charge in [0, 0.05) is 23.9 Å². The van der Waals surface area contributed by atoms with E-state index in [1.54, 1.807) is 0 Å². The lowest BCUT2D eigenvalue weighted by Crippen LogP contribution is -2.13. The number of nitrogens with one attached hydrogen (secondary N) is 1. The molecule has 0 spiro atoms. The van der Waals surface area contributed by atoms with Crippen molar-refractivity contribution in [1.29, 1.82) is 0 Å². The highest BCUT2D eigenvalue weighted by Gasteiger charge is 2.16. The highest BCUT2D eigenvalue weighted by atomic mass is 35.5. The van der Waals surface area contributed by atoms with Crippen LogP contribution in [0.3, 0.4) is 0 Å². The summed E-state index contributed by atoms with van der Waals surface area (Å²) in [5.74, 6) is -2.54. The topological polar surface area (TPSA) is 72.2 Å². The lowest BCUT2D eigenvalue weighted by molar-refractivity contribution is -0.384. The Morgan fingerprint density at radius 3 is 2.33 bits per heavy atom. The summed E-state index contributed by atoms with van der Waals surface area (Å²) < 4.78 is 26.0. The zero-order valence-electron chi connectivity index (χ0n) is 10.3. The molecule has 2 aromatic rings. The number of anilines is 1. The number of halogens is 3. The monoisotopic (exact) mass is 312 g/mol. The molecule has 0 saturated heterocycles. The van der Waals surface area contributed by atoms with Crippen molar-refractivity contribution in [2.75, 3.05) is 5.32 Å². The second kappa shape index (κ2) is 5.84. The van der Waals surface area contributed by atoms with E-state index in [-0.39, 0.29) is 22.0 Å². The molecule has 8 heteroatoms. The van der Waals surface area contributed by atoms with Gasteiger partial charge in [-0.15, -0.1) is 0 Å². The fourth-order valence-corrected chi connectivity index (χ4v) is 1.83. The third kappa shape index (κ3) is 3.51.